The first-order chi connectivity index (χ1) is 9.81. The number of nitrogens with two attached hydrogens (primary N) is 1. The molecule has 112 valence electrons. The van der Waals surface area contributed by atoms with Crippen LogP contribution in [0, 0.1) is 12.7 Å². The lowest BCUT2D eigenvalue weighted by Gasteiger charge is -2.10. The SMILES string of the molecule is Cc1noc(CNS(=O)(=O)c2cccc(F)c2C(N)=S)n1. The zero-order valence-electron chi connectivity index (χ0n) is 10.8. The summed E-state index contributed by atoms with van der Waals surface area (Å²) in [6, 6.07) is 3.54. The predicted molar refractivity (Wildman–Crippen MR) is 75.3 cm³/mol. The third-order valence-electron chi connectivity index (χ3n) is 2.49. The highest BCUT2D eigenvalue weighted by atomic mass is 32.2. The normalized spacial score (nSPS) is 11.5. The van der Waals surface area contributed by atoms with Crippen LogP contribution in [0.3, 0.4) is 0 Å². The molecule has 0 atom stereocenters. The second-order valence-electron chi connectivity index (χ2n) is 4.04. The molecule has 0 fully saturated rings. The van der Waals surface area contributed by atoms with Gasteiger partial charge in [0.2, 0.25) is 15.9 Å². The number of nitrogens with one attached hydrogen (secondary N) is 1. The summed E-state index contributed by atoms with van der Waals surface area (Å²) in [5.41, 5.74) is 5.05. The van der Waals surface area contributed by atoms with Crippen molar-refractivity contribution in [3.63, 3.8) is 0 Å². The minimum absolute atomic E-state index is 0.0874. The molecule has 1 aromatic heterocycles. The molecule has 1 aromatic carbocycles. The molecule has 0 amide bonds. The summed E-state index contributed by atoms with van der Waals surface area (Å²) in [6.07, 6.45) is 0. The zero-order valence-corrected chi connectivity index (χ0v) is 12.5. The highest BCUT2D eigenvalue weighted by molar-refractivity contribution is 7.89. The van der Waals surface area contributed by atoms with E-state index in [4.69, 9.17) is 22.5 Å². The molecule has 2 rings (SSSR count). The molecule has 0 aliphatic rings. The highest BCUT2D eigenvalue weighted by Crippen LogP contribution is 2.19. The number of hydrogen-bond donors (Lipinski definition) is 2. The second-order valence-corrected chi connectivity index (χ2v) is 6.21. The van der Waals surface area contributed by atoms with Gasteiger partial charge in [0.05, 0.1) is 17.0 Å². The van der Waals surface area contributed by atoms with Gasteiger partial charge in [0.1, 0.15) is 10.8 Å². The Hall–Kier alpha value is -1.91. The molecule has 0 aliphatic carbocycles. The molecule has 0 unspecified atom stereocenters. The van der Waals surface area contributed by atoms with Crippen LogP contribution in [0.25, 0.3) is 0 Å². The number of aromatic nitrogens is 2. The fraction of sp³-hybridized carbons (Fsp3) is 0.182. The fourth-order valence-corrected chi connectivity index (χ4v) is 3.09. The molecule has 1 heterocycles. The average Bonchev–Trinajstić information content (AvgIpc) is 2.82. The molecule has 0 bridgehead atoms. The van der Waals surface area contributed by atoms with Crippen molar-refractivity contribution in [2.24, 2.45) is 5.73 Å². The van der Waals surface area contributed by atoms with E-state index < -0.39 is 15.8 Å². The van der Waals surface area contributed by atoms with Crippen LogP contribution < -0.4 is 10.5 Å². The third kappa shape index (κ3) is 3.40. The largest absolute Gasteiger partial charge is 0.389 e. The van der Waals surface area contributed by atoms with E-state index in [9.17, 15) is 12.8 Å². The van der Waals surface area contributed by atoms with E-state index in [2.05, 4.69) is 14.9 Å². The second kappa shape index (κ2) is 5.84. The molecule has 10 heteroatoms. The molecular formula is C11H11FN4O3S2. The van der Waals surface area contributed by atoms with Crippen molar-refractivity contribution in [1.82, 2.24) is 14.9 Å². The van der Waals surface area contributed by atoms with Gasteiger partial charge >= 0.3 is 0 Å². The molecule has 0 aliphatic heterocycles. The summed E-state index contributed by atoms with van der Waals surface area (Å²) in [6.45, 7) is 1.37. The van der Waals surface area contributed by atoms with E-state index >= 15 is 0 Å². The van der Waals surface area contributed by atoms with Crippen LogP contribution >= 0.6 is 12.2 Å². The number of sulfonamides is 1. The standard InChI is InChI=1S/C11H11FN4O3S2/c1-6-15-9(19-16-6)5-14-21(17,18)8-4-2-3-7(12)10(8)11(13)20/h2-4,14H,5H2,1H3,(H2,13,20). The fourth-order valence-electron chi connectivity index (χ4n) is 1.61. The number of hydrogen-bond acceptors (Lipinski definition) is 6. The Morgan fingerprint density at radius 3 is 2.81 bits per heavy atom. The monoisotopic (exact) mass is 330 g/mol. The van der Waals surface area contributed by atoms with E-state index in [0.717, 1.165) is 6.07 Å². The summed E-state index contributed by atoms with van der Waals surface area (Å²) in [4.78, 5) is 3.17. The first-order valence-corrected chi connectivity index (χ1v) is 7.57. The van der Waals surface area contributed by atoms with Gasteiger partial charge in [-0.05, 0) is 19.1 Å². The number of nitrogens with zero attached hydrogens (tertiary/aromatic N) is 2. The van der Waals surface area contributed by atoms with Crippen molar-refractivity contribution in [2.45, 2.75) is 18.4 Å². The number of benzene rings is 1. The Balaban J connectivity index is 2.32. The van der Waals surface area contributed by atoms with Crippen LogP contribution in [0.5, 0.6) is 0 Å². The Labute approximate surface area is 125 Å². The van der Waals surface area contributed by atoms with Crippen LogP contribution in [-0.2, 0) is 16.6 Å². The van der Waals surface area contributed by atoms with Crippen molar-refractivity contribution in [3.05, 3.63) is 41.3 Å². The minimum atomic E-state index is -4.03. The summed E-state index contributed by atoms with van der Waals surface area (Å²) >= 11 is 4.69. The van der Waals surface area contributed by atoms with E-state index in [0.29, 0.717) is 5.82 Å². The maximum absolute atomic E-state index is 13.7. The van der Waals surface area contributed by atoms with Gasteiger partial charge in [0.25, 0.3) is 0 Å². The zero-order chi connectivity index (χ0) is 15.6. The number of thiocarbonyl (C=S) groups is 1. The Morgan fingerprint density at radius 2 is 2.24 bits per heavy atom. The van der Waals surface area contributed by atoms with Gasteiger partial charge in [0.15, 0.2) is 5.82 Å². The van der Waals surface area contributed by atoms with Gasteiger partial charge < -0.3 is 10.3 Å². The van der Waals surface area contributed by atoms with Crippen LogP contribution in [0.15, 0.2) is 27.6 Å². The van der Waals surface area contributed by atoms with Gasteiger partial charge in [-0.2, -0.15) is 4.98 Å². The summed E-state index contributed by atoms with van der Waals surface area (Å²) in [5, 5.41) is 3.53. The first-order valence-electron chi connectivity index (χ1n) is 5.68. The lowest BCUT2D eigenvalue weighted by atomic mass is 10.2. The predicted octanol–water partition coefficient (Wildman–Crippen LogP) is 0.630. The quantitative estimate of drug-likeness (QED) is 0.773. The van der Waals surface area contributed by atoms with Crippen molar-refractivity contribution in [3.8, 4) is 0 Å². The van der Waals surface area contributed by atoms with Crippen molar-refractivity contribution >= 4 is 27.2 Å². The Bertz CT molecular complexity index is 789. The van der Waals surface area contributed by atoms with Crippen LogP contribution in [-0.4, -0.2) is 23.5 Å². The van der Waals surface area contributed by atoms with E-state index in [1.165, 1.54) is 12.1 Å². The van der Waals surface area contributed by atoms with Crippen LogP contribution in [0.2, 0.25) is 0 Å². The molecule has 3 N–H and O–H groups in total. The van der Waals surface area contributed by atoms with Gasteiger partial charge in [-0.15, -0.1) is 0 Å². The van der Waals surface area contributed by atoms with E-state index in [-0.39, 0.29) is 27.9 Å². The molecule has 0 spiro atoms. The number of aryl methyl sites for hydroxylation is 1. The molecule has 0 radical (unpaired) electrons. The maximum atomic E-state index is 13.7. The number of rotatable bonds is 5. The average molecular weight is 330 g/mol. The summed E-state index contributed by atoms with van der Waals surface area (Å²) in [5.74, 6) is -0.345. The number of halogens is 1. The third-order valence-corrected chi connectivity index (χ3v) is 4.14. The van der Waals surface area contributed by atoms with Gasteiger partial charge in [0, 0.05) is 0 Å². The molecule has 0 saturated heterocycles. The van der Waals surface area contributed by atoms with Gasteiger partial charge in [-0.3, -0.25) is 0 Å². The smallest absolute Gasteiger partial charge is 0.241 e. The van der Waals surface area contributed by atoms with Gasteiger partial charge in [-0.25, -0.2) is 17.5 Å². The Kier molecular flexibility index (Phi) is 4.30. The minimum Gasteiger partial charge on any atom is -0.389 e. The highest BCUT2D eigenvalue weighted by Gasteiger charge is 2.23. The Morgan fingerprint density at radius 1 is 1.52 bits per heavy atom. The molecular weight excluding hydrogens is 319 g/mol. The van der Waals surface area contributed by atoms with E-state index in [1.54, 1.807) is 6.92 Å². The van der Waals surface area contributed by atoms with Crippen molar-refractivity contribution in [2.75, 3.05) is 0 Å². The van der Waals surface area contributed by atoms with Crippen molar-refractivity contribution < 1.29 is 17.3 Å². The maximum Gasteiger partial charge on any atom is 0.241 e. The molecule has 21 heavy (non-hydrogen) atoms. The topological polar surface area (TPSA) is 111 Å². The van der Waals surface area contributed by atoms with Crippen LogP contribution in [0.4, 0.5) is 4.39 Å². The van der Waals surface area contributed by atoms with Gasteiger partial charge in [-0.1, -0.05) is 23.4 Å². The van der Waals surface area contributed by atoms with Crippen molar-refractivity contribution in [1.29, 1.82) is 0 Å². The first kappa shape index (κ1) is 15.5. The lowest BCUT2D eigenvalue weighted by molar-refractivity contribution is 0.372. The lowest BCUT2D eigenvalue weighted by Crippen LogP contribution is -2.27. The van der Waals surface area contributed by atoms with Crippen LogP contribution in [0.1, 0.15) is 17.3 Å². The molecule has 2 aromatic rings. The van der Waals surface area contributed by atoms with E-state index in [1.807, 2.05) is 0 Å². The molecule has 7 nitrogen and oxygen atoms in total. The summed E-state index contributed by atoms with van der Waals surface area (Å²) < 4.78 is 45.1. The molecule has 0 saturated carbocycles. The summed E-state index contributed by atoms with van der Waals surface area (Å²) in [7, 11) is -4.03.